The molecule has 4 heteroatoms. The molecule has 1 unspecified atom stereocenters. The number of unbranched alkanes of at least 4 members (excludes halogenated alkanes) is 13. The summed E-state index contributed by atoms with van der Waals surface area (Å²) in [5, 5.41) is 9.70. The van der Waals surface area contributed by atoms with Gasteiger partial charge in [0.1, 0.15) is 19.6 Å². The molecular formula is C29H49ClN2O. The van der Waals surface area contributed by atoms with E-state index in [2.05, 4.69) is 49.4 Å². The quantitative estimate of drug-likeness (QED) is 0.232. The van der Waals surface area contributed by atoms with Crippen LogP contribution in [0.15, 0.2) is 47.5 Å². The minimum absolute atomic E-state index is 0. The summed E-state index contributed by atoms with van der Waals surface area (Å²) in [6.07, 6.45) is 23.9. The molecule has 3 nitrogen and oxygen atoms in total. The lowest BCUT2D eigenvalue weighted by molar-refractivity contribution is -0.848. The van der Waals surface area contributed by atoms with Crippen LogP contribution in [0.1, 0.15) is 102 Å². The number of rotatable bonds is 19. The van der Waals surface area contributed by atoms with Crippen LogP contribution < -0.4 is 12.4 Å². The Morgan fingerprint density at radius 2 is 1.42 bits per heavy atom. The van der Waals surface area contributed by atoms with Gasteiger partial charge in [-0.1, -0.05) is 120 Å². The first-order valence-electron chi connectivity index (χ1n) is 13.5. The number of hydrogen-bond donors (Lipinski definition) is 1. The van der Waals surface area contributed by atoms with Crippen LogP contribution in [0.5, 0.6) is 0 Å². The molecule has 0 saturated carbocycles. The van der Waals surface area contributed by atoms with Crippen LogP contribution in [0.4, 0.5) is 0 Å². The average molecular weight is 477 g/mol. The molecule has 1 aromatic rings. The Hall–Kier alpha value is -1.16. The number of quaternary nitrogens is 1. The van der Waals surface area contributed by atoms with Gasteiger partial charge in [-0.2, -0.15) is 0 Å². The van der Waals surface area contributed by atoms with Crippen LogP contribution in [-0.4, -0.2) is 41.7 Å². The Bertz CT molecular complexity index is 646. The van der Waals surface area contributed by atoms with Gasteiger partial charge >= 0.3 is 0 Å². The van der Waals surface area contributed by atoms with Crippen LogP contribution in [0.25, 0.3) is 0 Å². The first-order chi connectivity index (χ1) is 15.8. The van der Waals surface area contributed by atoms with Gasteiger partial charge in [0, 0.05) is 11.6 Å². The molecule has 0 spiro atoms. The van der Waals surface area contributed by atoms with Crippen LogP contribution in [-0.2, 0) is 6.54 Å². The summed E-state index contributed by atoms with van der Waals surface area (Å²) in [5.74, 6) is 1.15. The second-order valence-corrected chi connectivity index (χ2v) is 9.63. The van der Waals surface area contributed by atoms with Crippen molar-refractivity contribution in [1.29, 1.82) is 0 Å². The standard InChI is InChI=1S/C29H49N2O.ClH/c1-2-3-4-5-6-7-8-9-10-11-12-13-14-15-19-22-29-30-23-24-31(29,25-26-32)27-28-20-17-16-18-21-28;/h16-22,32H,2-15,23-27H2,1H3;1H/q+1;/p-1/b22-19+;. The van der Waals surface area contributed by atoms with Crippen molar-refractivity contribution in [2.75, 3.05) is 26.2 Å². The van der Waals surface area contributed by atoms with E-state index in [1.54, 1.807) is 0 Å². The van der Waals surface area contributed by atoms with Crippen LogP contribution >= 0.6 is 0 Å². The maximum atomic E-state index is 9.70. The van der Waals surface area contributed by atoms with E-state index < -0.39 is 0 Å². The minimum atomic E-state index is 0. The van der Waals surface area contributed by atoms with E-state index in [1.807, 2.05) is 0 Å². The van der Waals surface area contributed by atoms with Gasteiger partial charge in [0.05, 0.1) is 13.2 Å². The van der Waals surface area contributed by atoms with Gasteiger partial charge in [-0.3, -0.25) is 4.48 Å². The van der Waals surface area contributed by atoms with Crippen molar-refractivity contribution in [2.45, 2.75) is 103 Å². The highest BCUT2D eigenvalue weighted by Gasteiger charge is 2.36. The number of amidine groups is 1. The van der Waals surface area contributed by atoms with Crippen molar-refractivity contribution in [3.63, 3.8) is 0 Å². The second-order valence-electron chi connectivity index (χ2n) is 9.63. The number of aliphatic hydroxyl groups excluding tert-OH is 1. The van der Waals surface area contributed by atoms with Gasteiger partial charge in [-0.15, -0.1) is 0 Å². The molecule has 0 amide bonds. The molecule has 0 saturated heterocycles. The van der Waals surface area contributed by atoms with Crippen molar-refractivity contribution in [2.24, 2.45) is 4.99 Å². The summed E-state index contributed by atoms with van der Waals surface area (Å²) < 4.78 is 0.787. The Morgan fingerprint density at radius 3 is 2.00 bits per heavy atom. The SMILES string of the molecule is CCCCCCCCCCCCCCC/C=C/C1=NCC[N+]1(CCO)Cc1ccccc1.[Cl-]. The van der Waals surface area contributed by atoms with Crippen molar-refractivity contribution < 1.29 is 22.0 Å². The molecular weight excluding hydrogens is 428 g/mol. The highest BCUT2D eigenvalue weighted by molar-refractivity contribution is 5.88. The van der Waals surface area contributed by atoms with Crippen molar-refractivity contribution >= 4 is 5.84 Å². The van der Waals surface area contributed by atoms with Gasteiger partial charge < -0.3 is 17.5 Å². The molecule has 1 aromatic carbocycles. The molecule has 1 atom stereocenters. The van der Waals surface area contributed by atoms with Gasteiger partial charge in [-0.25, -0.2) is 4.99 Å². The van der Waals surface area contributed by atoms with Crippen molar-refractivity contribution in [3.8, 4) is 0 Å². The molecule has 33 heavy (non-hydrogen) atoms. The predicted octanol–water partition coefficient (Wildman–Crippen LogP) is 4.45. The Morgan fingerprint density at radius 1 is 0.848 bits per heavy atom. The monoisotopic (exact) mass is 476 g/mol. The van der Waals surface area contributed by atoms with Crippen LogP contribution in [0.3, 0.4) is 0 Å². The summed E-state index contributed by atoms with van der Waals surface area (Å²) in [6.45, 7) is 6.02. The fraction of sp³-hybridized carbons (Fsp3) is 0.690. The molecule has 1 aliphatic heterocycles. The summed E-state index contributed by atoms with van der Waals surface area (Å²) >= 11 is 0. The fourth-order valence-electron chi connectivity index (χ4n) is 4.89. The minimum Gasteiger partial charge on any atom is -1.00 e. The molecule has 1 N–H and O–H groups in total. The number of benzene rings is 1. The first kappa shape index (κ1) is 29.9. The number of hydrogen-bond acceptors (Lipinski definition) is 2. The molecule has 1 heterocycles. The van der Waals surface area contributed by atoms with E-state index in [9.17, 15) is 5.11 Å². The van der Waals surface area contributed by atoms with Gasteiger partial charge in [0.15, 0.2) is 0 Å². The molecule has 2 rings (SSSR count). The average Bonchev–Trinajstić information content (AvgIpc) is 3.19. The third-order valence-corrected chi connectivity index (χ3v) is 6.89. The first-order valence-corrected chi connectivity index (χ1v) is 13.5. The maximum absolute atomic E-state index is 9.70. The normalized spacial score (nSPS) is 17.9. The largest absolute Gasteiger partial charge is 1.00 e. The van der Waals surface area contributed by atoms with Crippen LogP contribution in [0, 0.1) is 0 Å². The van der Waals surface area contributed by atoms with E-state index in [0.29, 0.717) is 0 Å². The zero-order valence-corrected chi connectivity index (χ0v) is 22.0. The summed E-state index contributed by atoms with van der Waals surface area (Å²) in [6, 6.07) is 10.6. The topological polar surface area (TPSA) is 32.6 Å². The number of aliphatic imine (C=N–C) groups is 1. The third kappa shape index (κ3) is 12.2. The maximum Gasteiger partial charge on any atom is 0.223 e. The zero-order valence-electron chi connectivity index (χ0n) is 21.2. The summed E-state index contributed by atoms with van der Waals surface area (Å²) in [7, 11) is 0. The molecule has 0 aliphatic carbocycles. The number of nitrogens with zero attached hydrogens (tertiary/aromatic N) is 2. The van der Waals surface area contributed by atoms with E-state index in [1.165, 1.54) is 89.0 Å². The molecule has 0 aromatic heterocycles. The van der Waals surface area contributed by atoms with Gasteiger partial charge in [-0.05, 0) is 12.8 Å². The van der Waals surface area contributed by atoms with Gasteiger partial charge in [0.25, 0.3) is 0 Å². The highest BCUT2D eigenvalue weighted by atomic mass is 35.5. The van der Waals surface area contributed by atoms with E-state index in [-0.39, 0.29) is 19.0 Å². The Balaban J connectivity index is 0.00000544. The Kier molecular flexibility index (Phi) is 17.4. The number of halogens is 1. The highest BCUT2D eigenvalue weighted by Crippen LogP contribution is 2.21. The third-order valence-electron chi connectivity index (χ3n) is 6.89. The summed E-state index contributed by atoms with van der Waals surface area (Å²) in [5.41, 5.74) is 1.32. The lowest BCUT2D eigenvalue weighted by Crippen LogP contribution is -3.00. The van der Waals surface area contributed by atoms with Crippen molar-refractivity contribution in [1.82, 2.24) is 0 Å². The number of aliphatic hydroxyl groups is 1. The molecule has 0 radical (unpaired) electrons. The van der Waals surface area contributed by atoms with Crippen molar-refractivity contribution in [3.05, 3.63) is 48.0 Å². The Labute approximate surface area is 210 Å². The lowest BCUT2D eigenvalue weighted by Gasteiger charge is -2.33. The van der Waals surface area contributed by atoms with E-state index in [4.69, 9.17) is 4.99 Å². The van der Waals surface area contributed by atoms with Gasteiger partial charge in [0.2, 0.25) is 5.84 Å². The lowest BCUT2D eigenvalue weighted by atomic mass is 10.0. The fourth-order valence-corrected chi connectivity index (χ4v) is 4.89. The predicted molar refractivity (Wildman–Crippen MR) is 139 cm³/mol. The van der Waals surface area contributed by atoms with Crippen LogP contribution in [0.2, 0.25) is 0 Å². The molecule has 188 valence electrons. The second kappa shape index (κ2) is 19.2. The zero-order chi connectivity index (χ0) is 22.7. The van der Waals surface area contributed by atoms with E-state index in [0.717, 1.165) is 42.9 Å². The molecule has 1 aliphatic rings. The molecule has 0 bridgehead atoms. The smallest absolute Gasteiger partial charge is 0.223 e. The summed E-state index contributed by atoms with van der Waals surface area (Å²) in [4.78, 5) is 4.80. The number of allylic oxidation sites excluding steroid dienone is 1. The van der Waals surface area contributed by atoms with E-state index >= 15 is 0 Å². The molecule has 0 fully saturated rings.